The lowest BCUT2D eigenvalue weighted by Crippen LogP contribution is -2.51. The Balaban J connectivity index is 1.15. The first-order valence-electron chi connectivity index (χ1n) is 12.5. The average molecular weight is 509 g/mol. The summed E-state index contributed by atoms with van der Waals surface area (Å²) in [7, 11) is -3.52. The molecule has 4 rings (SSSR count). The Kier molecular flexibility index (Phi) is 8.28. The van der Waals surface area contributed by atoms with E-state index < -0.39 is 34.0 Å². The number of sulfonamides is 1. The molecule has 0 spiro atoms. The number of carbonyl (C=O) groups is 2. The average Bonchev–Trinajstić information content (AvgIpc) is 3.29. The molecule has 2 fully saturated rings. The number of nitrogens with zero attached hydrogens (tertiary/aromatic N) is 2. The first kappa shape index (κ1) is 25.8. The van der Waals surface area contributed by atoms with E-state index in [0.717, 1.165) is 67.1 Å². The topological polar surface area (TPSA) is 138 Å². The number of fused-ring (bicyclic) bond motifs is 1. The number of aromatic nitrogens is 1. The molecular weight excluding hydrogens is 472 g/mol. The molecule has 10 nitrogen and oxygen atoms in total. The molecule has 194 valence electrons. The Bertz CT molecular complexity index is 1030. The highest BCUT2D eigenvalue weighted by atomic mass is 32.2. The number of pyridine rings is 1. The maximum atomic E-state index is 12.6. The normalized spacial score (nSPS) is 25.2. The van der Waals surface area contributed by atoms with Crippen molar-refractivity contribution in [2.24, 2.45) is 5.92 Å². The molecule has 1 aromatic heterocycles. The molecule has 1 aromatic rings. The fourth-order valence-corrected chi connectivity index (χ4v) is 6.31. The number of carbonyl (C=O) groups excluding carboxylic acids is 1. The van der Waals surface area contributed by atoms with Crippen LogP contribution in [0.3, 0.4) is 0 Å². The molecule has 1 saturated heterocycles. The Morgan fingerprint density at radius 2 is 2.11 bits per heavy atom. The van der Waals surface area contributed by atoms with Gasteiger partial charge in [0.1, 0.15) is 17.9 Å². The zero-order valence-electron chi connectivity index (χ0n) is 20.2. The minimum absolute atomic E-state index is 0.110. The van der Waals surface area contributed by atoms with E-state index in [-0.39, 0.29) is 25.7 Å². The number of amides is 1. The van der Waals surface area contributed by atoms with Crippen LogP contribution in [0, 0.1) is 5.92 Å². The van der Waals surface area contributed by atoms with Crippen LogP contribution in [0.1, 0.15) is 56.2 Å². The van der Waals surface area contributed by atoms with Gasteiger partial charge in [0.15, 0.2) is 0 Å². The number of nitrogens with one attached hydrogen (secondary N) is 2. The molecule has 0 bridgehead atoms. The van der Waals surface area contributed by atoms with E-state index in [1.165, 1.54) is 5.56 Å². The lowest BCUT2D eigenvalue weighted by molar-refractivity contribution is -0.143. The summed E-state index contributed by atoms with van der Waals surface area (Å²) in [6, 6.07) is 2.35. The lowest BCUT2D eigenvalue weighted by atomic mass is 9.79. The molecule has 2 aliphatic heterocycles. The van der Waals surface area contributed by atoms with Crippen LogP contribution in [-0.4, -0.2) is 78.8 Å². The van der Waals surface area contributed by atoms with Crippen molar-refractivity contribution in [3.05, 3.63) is 23.4 Å². The third-order valence-electron chi connectivity index (χ3n) is 7.26. The summed E-state index contributed by atoms with van der Waals surface area (Å²) in [6.07, 6.45) is 8.40. The molecule has 1 saturated carbocycles. The van der Waals surface area contributed by atoms with Gasteiger partial charge in [-0.05, 0) is 68.9 Å². The number of carboxylic acids is 1. The number of aryl methyl sites for hydroxylation is 2. The van der Waals surface area contributed by atoms with Crippen LogP contribution >= 0.6 is 0 Å². The van der Waals surface area contributed by atoms with Crippen LogP contribution in [0.15, 0.2) is 12.1 Å². The van der Waals surface area contributed by atoms with Crippen LogP contribution in [0.4, 0.5) is 5.82 Å². The number of anilines is 1. The molecular formula is C24H36N4O6S. The van der Waals surface area contributed by atoms with Crippen molar-refractivity contribution in [3.63, 3.8) is 0 Å². The predicted octanol–water partition coefficient (Wildman–Crippen LogP) is 1.55. The van der Waals surface area contributed by atoms with Crippen molar-refractivity contribution in [1.82, 2.24) is 14.6 Å². The van der Waals surface area contributed by atoms with E-state index in [4.69, 9.17) is 9.72 Å². The zero-order chi connectivity index (χ0) is 25.0. The van der Waals surface area contributed by atoms with Crippen molar-refractivity contribution in [2.45, 2.75) is 76.0 Å². The lowest BCUT2D eigenvalue weighted by Gasteiger charge is -2.35. The van der Waals surface area contributed by atoms with E-state index in [1.807, 2.05) is 0 Å². The molecule has 11 heteroatoms. The van der Waals surface area contributed by atoms with E-state index in [0.29, 0.717) is 18.8 Å². The van der Waals surface area contributed by atoms with E-state index in [1.54, 1.807) is 0 Å². The fraction of sp³-hybridized carbons (Fsp3) is 0.708. The monoisotopic (exact) mass is 508 g/mol. The first-order chi connectivity index (χ1) is 16.7. The van der Waals surface area contributed by atoms with Gasteiger partial charge in [0, 0.05) is 31.8 Å². The summed E-state index contributed by atoms with van der Waals surface area (Å²) in [5.41, 5.74) is 2.41. The number of ether oxygens (including phenoxy) is 1. The van der Waals surface area contributed by atoms with Crippen molar-refractivity contribution in [2.75, 3.05) is 31.3 Å². The molecule has 0 unspecified atom stereocenters. The molecule has 3 heterocycles. The maximum Gasteiger partial charge on any atom is 0.326 e. The van der Waals surface area contributed by atoms with Gasteiger partial charge in [-0.25, -0.2) is 18.2 Å². The maximum absolute atomic E-state index is 12.6. The smallest absolute Gasteiger partial charge is 0.326 e. The van der Waals surface area contributed by atoms with Crippen molar-refractivity contribution in [3.8, 4) is 0 Å². The molecule has 3 N–H and O–H groups in total. The third kappa shape index (κ3) is 6.71. The van der Waals surface area contributed by atoms with Gasteiger partial charge in [0.25, 0.3) is 0 Å². The Hall–Kier alpha value is -2.24. The van der Waals surface area contributed by atoms with Crippen LogP contribution in [-0.2, 0) is 37.2 Å². The van der Waals surface area contributed by atoms with Gasteiger partial charge in [-0.3, -0.25) is 4.79 Å². The molecule has 3 aliphatic rings. The van der Waals surface area contributed by atoms with E-state index >= 15 is 0 Å². The van der Waals surface area contributed by atoms with Gasteiger partial charge < -0.3 is 20.5 Å². The molecule has 1 amide bonds. The highest BCUT2D eigenvalue weighted by Gasteiger charge is 2.38. The van der Waals surface area contributed by atoms with Gasteiger partial charge in [-0.15, -0.1) is 0 Å². The van der Waals surface area contributed by atoms with E-state index in [9.17, 15) is 23.1 Å². The number of carboxylic acid groups (broad SMARTS) is 1. The minimum Gasteiger partial charge on any atom is -0.480 e. The summed E-state index contributed by atoms with van der Waals surface area (Å²) in [4.78, 5) is 28.9. The van der Waals surface area contributed by atoms with Crippen LogP contribution < -0.4 is 10.6 Å². The summed E-state index contributed by atoms with van der Waals surface area (Å²) in [6.45, 7) is 1.49. The first-order valence-corrected chi connectivity index (χ1v) is 14.4. The highest BCUT2D eigenvalue weighted by Crippen LogP contribution is 2.34. The zero-order valence-corrected chi connectivity index (χ0v) is 21.1. The van der Waals surface area contributed by atoms with Gasteiger partial charge in [-0.2, -0.15) is 4.31 Å². The van der Waals surface area contributed by atoms with Gasteiger partial charge in [-0.1, -0.05) is 6.07 Å². The van der Waals surface area contributed by atoms with Crippen molar-refractivity contribution >= 4 is 27.7 Å². The van der Waals surface area contributed by atoms with Crippen LogP contribution in [0.25, 0.3) is 0 Å². The number of hydrogen-bond acceptors (Lipinski definition) is 7. The second kappa shape index (κ2) is 11.2. The van der Waals surface area contributed by atoms with Crippen LogP contribution in [0.5, 0.6) is 0 Å². The Morgan fingerprint density at radius 3 is 2.86 bits per heavy atom. The van der Waals surface area contributed by atoms with Crippen molar-refractivity contribution in [1.29, 1.82) is 0 Å². The third-order valence-corrected chi connectivity index (χ3v) is 8.55. The molecule has 1 aliphatic carbocycles. The van der Waals surface area contributed by atoms with Crippen LogP contribution in [0.2, 0.25) is 0 Å². The quantitative estimate of drug-likeness (QED) is 0.409. The van der Waals surface area contributed by atoms with Gasteiger partial charge >= 0.3 is 5.97 Å². The number of rotatable bonds is 11. The Labute approximate surface area is 206 Å². The highest BCUT2D eigenvalue weighted by molar-refractivity contribution is 7.88. The SMILES string of the molecule is CS(=O)(=O)N1CCC[C@H]1C(=O)N[C@@H](CCOC1CC(CCc2ccc3c(n2)NCCC3)C1)C(=O)O. The number of aliphatic carboxylic acids is 1. The standard InChI is InChI=1S/C24H36N4O6S/c1-35(32,33)28-12-3-5-21(28)23(29)27-20(24(30)31)10-13-34-19-14-16(15-19)6-8-18-9-7-17-4-2-11-25-22(17)26-18/h7,9,16,19-21H,2-6,8,10-15H2,1H3,(H,25,26)(H,27,29)(H,30,31)/t16?,19?,20-,21-/m0/s1. The summed E-state index contributed by atoms with van der Waals surface area (Å²) in [5, 5.41) is 15.4. The fourth-order valence-electron chi connectivity index (χ4n) is 5.18. The summed E-state index contributed by atoms with van der Waals surface area (Å²) < 4.78 is 30.7. The summed E-state index contributed by atoms with van der Waals surface area (Å²) >= 11 is 0. The van der Waals surface area contributed by atoms with Gasteiger partial charge in [0.2, 0.25) is 15.9 Å². The second-order valence-corrected chi connectivity index (χ2v) is 11.9. The number of hydrogen-bond donors (Lipinski definition) is 3. The summed E-state index contributed by atoms with van der Waals surface area (Å²) in [5.74, 6) is -0.106. The predicted molar refractivity (Wildman–Crippen MR) is 131 cm³/mol. The van der Waals surface area contributed by atoms with Gasteiger partial charge in [0.05, 0.1) is 12.4 Å². The molecule has 0 aromatic carbocycles. The molecule has 2 atom stereocenters. The Morgan fingerprint density at radius 1 is 1.31 bits per heavy atom. The minimum atomic E-state index is -3.52. The molecule has 35 heavy (non-hydrogen) atoms. The van der Waals surface area contributed by atoms with Crippen molar-refractivity contribution < 1.29 is 27.9 Å². The largest absolute Gasteiger partial charge is 0.480 e. The molecule has 0 radical (unpaired) electrons. The second-order valence-electron chi connectivity index (χ2n) is 9.93. The van der Waals surface area contributed by atoms with E-state index in [2.05, 4.69) is 22.8 Å².